The van der Waals surface area contributed by atoms with Gasteiger partial charge in [-0.15, -0.1) is 0 Å². The fourth-order valence-corrected chi connectivity index (χ4v) is 2.83. The van der Waals surface area contributed by atoms with Gasteiger partial charge in [0.05, 0.1) is 0 Å². The summed E-state index contributed by atoms with van der Waals surface area (Å²) < 4.78 is 14.6. The first-order chi connectivity index (χ1) is 8.70. The van der Waals surface area contributed by atoms with Gasteiger partial charge in [0.25, 0.3) is 0 Å². The largest absolute Gasteiger partial charge is 0.314 e. The number of halogens is 2. The van der Waals surface area contributed by atoms with Crippen molar-refractivity contribution in [3.05, 3.63) is 34.1 Å². The minimum absolute atomic E-state index is 0.113. The van der Waals surface area contributed by atoms with E-state index in [-0.39, 0.29) is 5.82 Å². The molecule has 2 rings (SSSR count). The molecule has 1 aromatic carbocycles. The molecule has 4 heteroatoms. The number of rotatable bonds is 4. The molecule has 18 heavy (non-hydrogen) atoms. The van der Waals surface area contributed by atoms with E-state index in [1.54, 1.807) is 6.07 Å². The highest BCUT2D eigenvalue weighted by molar-refractivity contribution is 9.10. The van der Waals surface area contributed by atoms with Gasteiger partial charge < -0.3 is 5.32 Å². The number of benzene rings is 1. The van der Waals surface area contributed by atoms with Crippen LogP contribution >= 0.6 is 15.9 Å². The second-order valence-electron chi connectivity index (χ2n) is 4.85. The van der Waals surface area contributed by atoms with Crippen LogP contribution in [-0.2, 0) is 6.54 Å². The molecular weight excluding hydrogens is 295 g/mol. The Morgan fingerprint density at radius 3 is 3.06 bits per heavy atom. The van der Waals surface area contributed by atoms with E-state index in [9.17, 15) is 4.39 Å². The smallest absolute Gasteiger partial charge is 0.128 e. The van der Waals surface area contributed by atoms with E-state index >= 15 is 0 Å². The van der Waals surface area contributed by atoms with Gasteiger partial charge in [-0.3, -0.25) is 4.90 Å². The lowest BCUT2D eigenvalue weighted by Gasteiger charge is -2.36. The van der Waals surface area contributed by atoms with Gasteiger partial charge in [0.1, 0.15) is 5.82 Å². The predicted molar refractivity (Wildman–Crippen MR) is 76.1 cm³/mol. The molecule has 0 bridgehead atoms. The van der Waals surface area contributed by atoms with Gasteiger partial charge in [-0.25, -0.2) is 4.39 Å². The Morgan fingerprint density at radius 2 is 2.33 bits per heavy atom. The lowest BCUT2D eigenvalue weighted by Crippen LogP contribution is -2.50. The zero-order valence-corrected chi connectivity index (χ0v) is 12.3. The molecule has 0 radical (unpaired) electrons. The monoisotopic (exact) mass is 314 g/mol. The van der Waals surface area contributed by atoms with E-state index < -0.39 is 0 Å². The number of piperazine rings is 1. The number of hydrogen-bond donors (Lipinski definition) is 1. The maximum absolute atomic E-state index is 13.8. The van der Waals surface area contributed by atoms with Crippen molar-refractivity contribution >= 4 is 15.9 Å². The molecule has 1 aliphatic rings. The highest BCUT2D eigenvalue weighted by Gasteiger charge is 2.22. The molecule has 0 amide bonds. The molecule has 0 saturated carbocycles. The summed E-state index contributed by atoms with van der Waals surface area (Å²) in [5, 5.41) is 3.42. The zero-order valence-electron chi connectivity index (χ0n) is 10.8. The molecule has 1 fully saturated rings. The molecule has 1 unspecified atom stereocenters. The van der Waals surface area contributed by atoms with Crippen LogP contribution < -0.4 is 5.32 Å². The van der Waals surface area contributed by atoms with Gasteiger partial charge in [-0.2, -0.15) is 0 Å². The number of nitrogens with one attached hydrogen (secondary N) is 1. The van der Waals surface area contributed by atoms with Gasteiger partial charge in [0, 0.05) is 42.3 Å². The fraction of sp³-hybridized carbons (Fsp3) is 0.571. The lowest BCUT2D eigenvalue weighted by atomic mass is 10.1. The first-order valence-corrected chi connectivity index (χ1v) is 7.38. The highest BCUT2D eigenvalue weighted by Crippen LogP contribution is 2.19. The van der Waals surface area contributed by atoms with Gasteiger partial charge in [0.15, 0.2) is 0 Å². The lowest BCUT2D eigenvalue weighted by molar-refractivity contribution is 0.143. The molecule has 1 aromatic rings. The standard InChI is InChI=1S/C14H20BrFN2/c1-2-3-13-9-17-6-7-18(13)10-11-4-5-12(15)8-14(11)16/h4-5,8,13,17H,2-3,6-7,9-10H2,1H3. The molecule has 2 nitrogen and oxygen atoms in total. The zero-order chi connectivity index (χ0) is 13.0. The molecule has 1 N–H and O–H groups in total. The van der Waals surface area contributed by atoms with E-state index in [2.05, 4.69) is 33.1 Å². The van der Waals surface area contributed by atoms with Crippen molar-refractivity contribution in [1.82, 2.24) is 10.2 Å². The van der Waals surface area contributed by atoms with Crippen molar-refractivity contribution in [3.8, 4) is 0 Å². The second kappa shape index (κ2) is 6.64. The van der Waals surface area contributed by atoms with Crippen molar-refractivity contribution in [2.24, 2.45) is 0 Å². The van der Waals surface area contributed by atoms with E-state index in [1.165, 1.54) is 12.8 Å². The third-order valence-corrected chi connectivity index (χ3v) is 3.98. The van der Waals surface area contributed by atoms with Gasteiger partial charge in [-0.05, 0) is 18.6 Å². The summed E-state index contributed by atoms with van der Waals surface area (Å²) in [6, 6.07) is 5.87. The van der Waals surface area contributed by atoms with Gasteiger partial charge in [-0.1, -0.05) is 35.3 Å². The molecule has 0 aliphatic carbocycles. The number of nitrogens with zero attached hydrogens (tertiary/aromatic N) is 1. The van der Waals surface area contributed by atoms with Crippen LogP contribution in [0.25, 0.3) is 0 Å². The molecule has 0 aromatic heterocycles. The Morgan fingerprint density at radius 1 is 1.50 bits per heavy atom. The normalized spacial score (nSPS) is 21.2. The number of hydrogen-bond acceptors (Lipinski definition) is 2. The molecule has 0 spiro atoms. The first-order valence-electron chi connectivity index (χ1n) is 6.59. The second-order valence-corrected chi connectivity index (χ2v) is 5.77. The summed E-state index contributed by atoms with van der Waals surface area (Å²) in [5.74, 6) is -0.113. The van der Waals surface area contributed by atoms with Crippen molar-refractivity contribution in [1.29, 1.82) is 0 Å². The molecular formula is C14H20BrFN2. The maximum atomic E-state index is 13.8. The Labute approximate surface area is 117 Å². The van der Waals surface area contributed by atoms with Crippen molar-refractivity contribution in [2.75, 3.05) is 19.6 Å². The summed E-state index contributed by atoms with van der Waals surface area (Å²) in [6.07, 6.45) is 2.34. The molecule has 1 atom stereocenters. The summed E-state index contributed by atoms with van der Waals surface area (Å²) in [6.45, 7) is 5.93. The summed E-state index contributed by atoms with van der Waals surface area (Å²) in [4.78, 5) is 2.40. The van der Waals surface area contributed by atoms with Gasteiger partial charge in [0.2, 0.25) is 0 Å². The molecule has 1 saturated heterocycles. The van der Waals surface area contributed by atoms with Crippen LogP contribution in [0.5, 0.6) is 0 Å². The van der Waals surface area contributed by atoms with Crippen LogP contribution in [-0.4, -0.2) is 30.6 Å². The molecule has 1 aliphatic heterocycles. The average Bonchev–Trinajstić information content (AvgIpc) is 2.35. The maximum Gasteiger partial charge on any atom is 0.128 e. The van der Waals surface area contributed by atoms with E-state index in [0.717, 1.165) is 29.7 Å². The van der Waals surface area contributed by atoms with E-state index in [0.29, 0.717) is 12.6 Å². The van der Waals surface area contributed by atoms with Crippen LogP contribution in [0.1, 0.15) is 25.3 Å². The van der Waals surface area contributed by atoms with Crippen LogP contribution in [0.2, 0.25) is 0 Å². The Kier molecular flexibility index (Phi) is 5.15. The van der Waals surface area contributed by atoms with Crippen molar-refractivity contribution in [2.45, 2.75) is 32.4 Å². The first kappa shape index (κ1) is 14.0. The average molecular weight is 315 g/mol. The quantitative estimate of drug-likeness (QED) is 0.918. The highest BCUT2D eigenvalue weighted by atomic mass is 79.9. The van der Waals surface area contributed by atoms with Crippen LogP contribution in [0.3, 0.4) is 0 Å². The Balaban J connectivity index is 2.06. The van der Waals surface area contributed by atoms with Crippen molar-refractivity contribution in [3.63, 3.8) is 0 Å². The molecule has 1 heterocycles. The predicted octanol–water partition coefficient (Wildman–Crippen LogP) is 3.16. The third kappa shape index (κ3) is 3.53. The molecule has 100 valence electrons. The summed E-state index contributed by atoms with van der Waals surface area (Å²) >= 11 is 3.29. The van der Waals surface area contributed by atoms with Gasteiger partial charge >= 0.3 is 0 Å². The van der Waals surface area contributed by atoms with Crippen molar-refractivity contribution < 1.29 is 4.39 Å². The van der Waals surface area contributed by atoms with E-state index in [1.807, 2.05) is 12.1 Å². The van der Waals surface area contributed by atoms with E-state index in [4.69, 9.17) is 0 Å². The summed E-state index contributed by atoms with van der Waals surface area (Å²) in [7, 11) is 0. The fourth-order valence-electron chi connectivity index (χ4n) is 2.50. The minimum Gasteiger partial charge on any atom is -0.314 e. The van der Waals surface area contributed by atoms with Crippen LogP contribution in [0.4, 0.5) is 4.39 Å². The summed E-state index contributed by atoms with van der Waals surface area (Å²) in [5.41, 5.74) is 0.793. The van der Waals surface area contributed by atoms with Crippen LogP contribution in [0, 0.1) is 5.82 Å². The minimum atomic E-state index is -0.113. The van der Waals surface area contributed by atoms with Crippen LogP contribution in [0.15, 0.2) is 22.7 Å². The SMILES string of the molecule is CCCC1CNCCN1Cc1ccc(Br)cc1F. The topological polar surface area (TPSA) is 15.3 Å². The Hall–Kier alpha value is -0.450. The third-order valence-electron chi connectivity index (χ3n) is 3.48. The Bertz CT molecular complexity index is 395.